The van der Waals surface area contributed by atoms with Crippen LogP contribution in [-0.4, -0.2) is 54.5 Å². The van der Waals surface area contributed by atoms with Gasteiger partial charge in [-0.15, -0.1) is 24.0 Å². The number of benzene rings is 1. The quantitative estimate of drug-likeness (QED) is 0.132. The van der Waals surface area contributed by atoms with Crippen LogP contribution in [0.3, 0.4) is 0 Å². The van der Waals surface area contributed by atoms with Crippen molar-refractivity contribution in [2.45, 2.75) is 33.1 Å². The maximum Gasteiger partial charge on any atom is 0.216 e. The van der Waals surface area contributed by atoms with E-state index < -0.39 is 0 Å². The van der Waals surface area contributed by atoms with Crippen LogP contribution < -0.4 is 20.1 Å². The molecule has 0 saturated heterocycles. The van der Waals surface area contributed by atoms with Crippen LogP contribution in [0.4, 0.5) is 0 Å². The zero-order valence-corrected chi connectivity index (χ0v) is 21.7. The minimum absolute atomic E-state index is 0. The molecule has 1 aromatic carbocycles. The monoisotopic (exact) mass is 568 g/mol. The molecule has 0 radical (unpaired) electrons. The van der Waals surface area contributed by atoms with Gasteiger partial charge in [-0.3, -0.25) is 10.1 Å². The molecule has 0 aliphatic heterocycles. The van der Waals surface area contributed by atoms with E-state index in [1.807, 2.05) is 31.2 Å². The second-order valence-corrected chi connectivity index (χ2v) is 7.04. The molecule has 33 heavy (non-hydrogen) atoms. The number of ether oxygens (including phenoxy) is 2. The van der Waals surface area contributed by atoms with E-state index in [1.54, 1.807) is 13.4 Å². The lowest BCUT2D eigenvalue weighted by molar-refractivity contribution is 0.310. The lowest BCUT2D eigenvalue weighted by atomic mass is 10.1. The van der Waals surface area contributed by atoms with Gasteiger partial charge in [0, 0.05) is 26.1 Å². The first kappa shape index (κ1) is 26.5. The number of aromatic amines is 1. The van der Waals surface area contributed by atoms with Crippen molar-refractivity contribution in [2.75, 3.05) is 33.4 Å². The minimum Gasteiger partial charge on any atom is -0.493 e. The Labute approximate surface area is 211 Å². The van der Waals surface area contributed by atoms with Gasteiger partial charge >= 0.3 is 0 Å². The van der Waals surface area contributed by atoms with Gasteiger partial charge in [-0.05, 0) is 56.5 Å². The van der Waals surface area contributed by atoms with Crippen LogP contribution in [0.1, 0.15) is 31.7 Å². The predicted molar refractivity (Wildman–Crippen MR) is 140 cm³/mol. The van der Waals surface area contributed by atoms with Crippen LogP contribution in [0.2, 0.25) is 0 Å². The number of aromatic nitrogens is 3. The number of rotatable bonds is 12. The second-order valence-electron chi connectivity index (χ2n) is 7.04. The van der Waals surface area contributed by atoms with Crippen molar-refractivity contribution < 1.29 is 13.9 Å². The van der Waals surface area contributed by atoms with Crippen LogP contribution in [0.15, 0.2) is 46.0 Å². The number of H-pyrrole nitrogens is 1. The number of methoxy groups -OCH3 is 1. The van der Waals surface area contributed by atoms with Crippen molar-refractivity contribution in [3.05, 3.63) is 48.0 Å². The molecule has 3 aromatic rings. The first-order valence-corrected chi connectivity index (χ1v) is 11.0. The molecule has 2 heterocycles. The van der Waals surface area contributed by atoms with Gasteiger partial charge in [-0.2, -0.15) is 5.10 Å². The van der Waals surface area contributed by atoms with Crippen molar-refractivity contribution in [3.63, 3.8) is 0 Å². The van der Waals surface area contributed by atoms with Crippen molar-refractivity contribution in [1.29, 1.82) is 0 Å². The maximum atomic E-state index is 5.66. The second kappa shape index (κ2) is 14.4. The standard InChI is InChI=1S/C23H32N6O3.HI/c1-4-24-23(26-14-12-21-27-22(29-28-21)19-9-7-15-32-19)25-13-6-8-17-10-11-18(30-3)20(16-17)31-5-2;/h7,9-11,15-16H,4-6,8,12-14H2,1-3H3,(H2,24,25,26)(H,27,28,29);1H. The van der Waals surface area contributed by atoms with Gasteiger partial charge in [0.25, 0.3) is 0 Å². The number of nitrogens with one attached hydrogen (secondary N) is 3. The van der Waals surface area contributed by atoms with E-state index in [0.29, 0.717) is 31.2 Å². The predicted octanol–water partition coefficient (Wildman–Crippen LogP) is 3.82. The molecule has 2 aromatic heterocycles. The van der Waals surface area contributed by atoms with Gasteiger partial charge in [0.2, 0.25) is 5.82 Å². The Morgan fingerprint density at radius 1 is 1.15 bits per heavy atom. The third-order valence-electron chi connectivity index (χ3n) is 4.69. The summed E-state index contributed by atoms with van der Waals surface area (Å²) in [7, 11) is 1.65. The van der Waals surface area contributed by atoms with E-state index in [1.165, 1.54) is 5.56 Å². The average Bonchev–Trinajstić information content (AvgIpc) is 3.49. The number of guanidine groups is 1. The average molecular weight is 568 g/mol. The molecular weight excluding hydrogens is 535 g/mol. The number of hydrogen-bond acceptors (Lipinski definition) is 6. The lowest BCUT2D eigenvalue weighted by Crippen LogP contribution is -2.38. The molecule has 9 nitrogen and oxygen atoms in total. The minimum atomic E-state index is 0. The highest BCUT2D eigenvalue weighted by molar-refractivity contribution is 14.0. The highest BCUT2D eigenvalue weighted by atomic mass is 127. The maximum absolute atomic E-state index is 5.66. The molecule has 0 unspecified atom stereocenters. The number of hydrogen-bond donors (Lipinski definition) is 3. The Hall–Kier alpha value is -2.76. The summed E-state index contributed by atoms with van der Waals surface area (Å²) in [5.41, 5.74) is 1.21. The molecule has 0 spiro atoms. The van der Waals surface area contributed by atoms with E-state index in [2.05, 4.69) is 43.8 Å². The normalized spacial score (nSPS) is 11.1. The Morgan fingerprint density at radius 3 is 2.76 bits per heavy atom. The molecule has 0 fully saturated rings. The van der Waals surface area contributed by atoms with Crippen molar-refractivity contribution >= 4 is 29.9 Å². The van der Waals surface area contributed by atoms with Gasteiger partial charge < -0.3 is 24.5 Å². The highest BCUT2D eigenvalue weighted by Gasteiger charge is 2.08. The fourth-order valence-corrected chi connectivity index (χ4v) is 3.18. The molecular formula is C23H33IN6O3. The fourth-order valence-electron chi connectivity index (χ4n) is 3.18. The van der Waals surface area contributed by atoms with Crippen molar-refractivity contribution in [3.8, 4) is 23.1 Å². The highest BCUT2D eigenvalue weighted by Crippen LogP contribution is 2.28. The molecule has 0 bridgehead atoms. The van der Waals surface area contributed by atoms with Gasteiger partial charge in [0.05, 0.1) is 20.0 Å². The molecule has 0 atom stereocenters. The van der Waals surface area contributed by atoms with Crippen LogP contribution in [-0.2, 0) is 12.8 Å². The molecule has 3 rings (SSSR count). The van der Waals surface area contributed by atoms with E-state index in [-0.39, 0.29) is 24.0 Å². The molecule has 0 aliphatic rings. The number of aryl methyl sites for hydroxylation is 1. The van der Waals surface area contributed by atoms with Crippen molar-refractivity contribution in [2.24, 2.45) is 4.99 Å². The molecule has 180 valence electrons. The molecule has 0 aliphatic carbocycles. The molecule has 0 amide bonds. The van der Waals surface area contributed by atoms with Gasteiger partial charge in [-0.25, -0.2) is 4.98 Å². The first-order valence-electron chi connectivity index (χ1n) is 11.0. The van der Waals surface area contributed by atoms with E-state index >= 15 is 0 Å². The number of furan rings is 1. The van der Waals surface area contributed by atoms with E-state index in [4.69, 9.17) is 13.9 Å². The Kier molecular flexibility index (Phi) is 11.6. The molecule has 3 N–H and O–H groups in total. The molecule has 10 heteroatoms. The van der Waals surface area contributed by atoms with E-state index in [9.17, 15) is 0 Å². The summed E-state index contributed by atoms with van der Waals surface area (Å²) in [6.45, 7) is 6.84. The lowest BCUT2D eigenvalue weighted by Gasteiger charge is -2.12. The van der Waals surface area contributed by atoms with Gasteiger partial charge in [0.1, 0.15) is 5.82 Å². The Morgan fingerprint density at radius 2 is 2.03 bits per heavy atom. The SMILES string of the molecule is CCNC(=NCCCc1ccc(OC)c(OCC)c1)NCCc1nc(-c2ccco2)n[nH]1.I. The summed E-state index contributed by atoms with van der Waals surface area (Å²) >= 11 is 0. The number of aliphatic imine (C=N–C) groups is 1. The third kappa shape index (κ3) is 8.26. The summed E-state index contributed by atoms with van der Waals surface area (Å²) < 4.78 is 16.3. The number of nitrogens with zero attached hydrogens (tertiary/aromatic N) is 3. The summed E-state index contributed by atoms with van der Waals surface area (Å²) in [6, 6.07) is 9.73. The number of halogens is 1. The molecule has 0 saturated carbocycles. The summed E-state index contributed by atoms with van der Waals surface area (Å²) in [5.74, 6) is 4.36. The van der Waals surface area contributed by atoms with Gasteiger partial charge in [-0.1, -0.05) is 6.07 Å². The summed E-state index contributed by atoms with van der Waals surface area (Å²) in [6.07, 6.45) is 4.16. The summed E-state index contributed by atoms with van der Waals surface area (Å²) in [4.78, 5) is 9.13. The fraction of sp³-hybridized carbons (Fsp3) is 0.435. The van der Waals surface area contributed by atoms with E-state index in [0.717, 1.165) is 49.2 Å². The smallest absolute Gasteiger partial charge is 0.216 e. The zero-order chi connectivity index (χ0) is 22.6. The Bertz CT molecular complexity index is 974. The van der Waals surface area contributed by atoms with Crippen LogP contribution >= 0.6 is 24.0 Å². The van der Waals surface area contributed by atoms with Crippen molar-refractivity contribution in [1.82, 2.24) is 25.8 Å². The van der Waals surface area contributed by atoms with Crippen LogP contribution in [0.5, 0.6) is 11.5 Å². The Balaban J connectivity index is 0.00000385. The largest absolute Gasteiger partial charge is 0.493 e. The van der Waals surface area contributed by atoms with Gasteiger partial charge in [0.15, 0.2) is 23.2 Å². The third-order valence-corrected chi connectivity index (χ3v) is 4.69. The first-order chi connectivity index (χ1) is 15.7. The van der Waals surface area contributed by atoms with Crippen LogP contribution in [0, 0.1) is 0 Å². The summed E-state index contributed by atoms with van der Waals surface area (Å²) in [5, 5.41) is 13.8. The zero-order valence-electron chi connectivity index (χ0n) is 19.4. The topological polar surface area (TPSA) is 110 Å². The van der Waals surface area contributed by atoms with Crippen LogP contribution in [0.25, 0.3) is 11.6 Å².